The summed E-state index contributed by atoms with van der Waals surface area (Å²) >= 11 is 1.74. The van der Waals surface area contributed by atoms with E-state index in [0.29, 0.717) is 12.4 Å². The Morgan fingerprint density at radius 2 is 2.09 bits per heavy atom. The first-order valence-electron chi connectivity index (χ1n) is 7.65. The minimum absolute atomic E-state index is 0.657. The number of thiophene rings is 1. The molecule has 4 heterocycles. The molecule has 118 valence electrons. The molecule has 4 rings (SSSR count). The molecule has 0 spiro atoms. The fourth-order valence-corrected chi connectivity index (χ4v) is 3.92. The van der Waals surface area contributed by atoms with Gasteiger partial charge in [0, 0.05) is 17.8 Å². The van der Waals surface area contributed by atoms with E-state index in [4.69, 9.17) is 4.74 Å². The number of nitrogens with zero attached hydrogens (tertiary/aromatic N) is 5. The predicted molar refractivity (Wildman–Crippen MR) is 90.1 cm³/mol. The number of anilines is 1. The summed E-state index contributed by atoms with van der Waals surface area (Å²) < 4.78 is 5.40. The summed E-state index contributed by atoms with van der Waals surface area (Å²) in [5, 5.41) is 1.13. The van der Waals surface area contributed by atoms with Gasteiger partial charge in [-0.1, -0.05) is 6.92 Å². The molecule has 0 radical (unpaired) electrons. The Morgan fingerprint density at radius 1 is 1.22 bits per heavy atom. The van der Waals surface area contributed by atoms with Gasteiger partial charge in [0.2, 0.25) is 5.88 Å². The molecule has 0 bridgehead atoms. The first kappa shape index (κ1) is 14.3. The molecule has 1 aliphatic rings. The van der Waals surface area contributed by atoms with Gasteiger partial charge in [0.1, 0.15) is 23.3 Å². The number of ether oxygens (including phenoxy) is 1. The van der Waals surface area contributed by atoms with E-state index >= 15 is 0 Å². The zero-order valence-electron chi connectivity index (χ0n) is 13.1. The van der Waals surface area contributed by atoms with Gasteiger partial charge in [0.25, 0.3) is 0 Å². The third kappa shape index (κ3) is 2.41. The monoisotopic (exact) mass is 327 g/mol. The van der Waals surface area contributed by atoms with Crippen LogP contribution in [-0.2, 0) is 19.4 Å². The van der Waals surface area contributed by atoms with Crippen molar-refractivity contribution >= 4 is 27.4 Å². The molecule has 0 saturated carbocycles. The SMILES string of the molecule is CCc1cc2c(N3CCc4ncnc(OC)c4C3)ncnc2s1. The van der Waals surface area contributed by atoms with Crippen LogP contribution < -0.4 is 9.64 Å². The van der Waals surface area contributed by atoms with Crippen LogP contribution in [0.5, 0.6) is 5.88 Å². The summed E-state index contributed by atoms with van der Waals surface area (Å²) in [6.07, 6.45) is 5.11. The second-order valence-corrected chi connectivity index (χ2v) is 6.58. The Bertz CT molecular complexity index is 849. The highest BCUT2D eigenvalue weighted by Crippen LogP contribution is 2.33. The lowest BCUT2D eigenvalue weighted by atomic mass is 10.1. The van der Waals surface area contributed by atoms with Crippen LogP contribution in [-0.4, -0.2) is 33.6 Å². The van der Waals surface area contributed by atoms with E-state index in [1.807, 2.05) is 0 Å². The van der Waals surface area contributed by atoms with Gasteiger partial charge in [-0.25, -0.2) is 19.9 Å². The molecule has 0 aliphatic carbocycles. The van der Waals surface area contributed by atoms with Crippen LogP contribution in [0.25, 0.3) is 10.2 Å². The standard InChI is InChI=1S/C16H17N5OS/c1-3-10-6-11-14(18-9-20-16(11)23-10)21-5-4-13-12(7-21)15(22-2)19-8-17-13/h6,8-9H,3-5,7H2,1-2H3. The van der Waals surface area contributed by atoms with Gasteiger partial charge >= 0.3 is 0 Å². The van der Waals surface area contributed by atoms with E-state index in [-0.39, 0.29) is 0 Å². The van der Waals surface area contributed by atoms with Gasteiger partial charge in [-0.15, -0.1) is 11.3 Å². The molecule has 0 unspecified atom stereocenters. The Balaban J connectivity index is 1.76. The zero-order valence-corrected chi connectivity index (χ0v) is 13.9. The molecule has 0 atom stereocenters. The number of hydrogen-bond acceptors (Lipinski definition) is 7. The van der Waals surface area contributed by atoms with Crippen molar-refractivity contribution in [2.45, 2.75) is 26.3 Å². The highest BCUT2D eigenvalue weighted by molar-refractivity contribution is 7.18. The van der Waals surface area contributed by atoms with Gasteiger partial charge in [-0.3, -0.25) is 0 Å². The summed E-state index contributed by atoms with van der Waals surface area (Å²) in [6.45, 7) is 3.76. The predicted octanol–water partition coefficient (Wildman–Crippen LogP) is 2.62. The van der Waals surface area contributed by atoms with E-state index in [9.17, 15) is 0 Å². The molecule has 1 aliphatic heterocycles. The molecule has 0 fully saturated rings. The molecule has 0 aromatic carbocycles. The highest BCUT2D eigenvalue weighted by atomic mass is 32.1. The number of hydrogen-bond donors (Lipinski definition) is 0. The maximum Gasteiger partial charge on any atom is 0.221 e. The van der Waals surface area contributed by atoms with E-state index in [2.05, 4.69) is 37.8 Å². The summed E-state index contributed by atoms with van der Waals surface area (Å²) in [7, 11) is 1.65. The number of methoxy groups -OCH3 is 1. The van der Waals surface area contributed by atoms with Crippen LogP contribution in [0.2, 0.25) is 0 Å². The lowest BCUT2D eigenvalue weighted by Gasteiger charge is -2.29. The maximum atomic E-state index is 5.40. The molecule has 23 heavy (non-hydrogen) atoms. The van der Waals surface area contributed by atoms with E-state index in [0.717, 1.165) is 46.7 Å². The smallest absolute Gasteiger partial charge is 0.221 e. The van der Waals surface area contributed by atoms with Crippen LogP contribution >= 0.6 is 11.3 Å². The van der Waals surface area contributed by atoms with Crippen LogP contribution in [0, 0.1) is 0 Å². The lowest BCUT2D eigenvalue weighted by molar-refractivity contribution is 0.387. The van der Waals surface area contributed by atoms with Crippen molar-refractivity contribution < 1.29 is 4.74 Å². The Morgan fingerprint density at radius 3 is 2.91 bits per heavy atom. The Kier molecular flexibility index (Phi) is 3.57. The van der Waals surface area contributed by atoms with Crippen molar-refractivity contribution in [3.05, 3.63) is 34.9 Å². The minimum atomic E-state index is 0.657. The van der Waals surface area contributed by atoms with Crippen LogP contribution in [0.3, 0.4) is 0 Å². The summed E-state index contributed by atoms with van der Waals surface area (Å²) in [4.78, 5) is 22.2. The molecule has 0 N–H and O–H groups in total. The molecular weight excluding hydrogens is 310 g/mol. The van der Waals surface area contributed by atoms with Crippen molar-refractivity contribution in [3.63, 3.8) is 0 Å². The number of rotatable bonds is 3. The number of aryl methyl sites for hydroxylation is 1. The fraction of sp³-hybridized carbons (Fsp3) is 0.375. The van der Waals surface area contributed by atoms with Crippen LogP contribution in [0.15, 0.2) is 18.7 Å². The van der Waals surface area contributed by atoms with Crippen molar-refractivity contribution in [3.8, 4) is 5.88 Å². The summed E-state index contributed by atoms with van der Waals surface area (Å²) in [5.74, 6) is 1.65. The van der Waals surface area contributed by atoms with Crippen molar-refractivity contribution in [1.29, 1.82) is 0 Å². The van der Waals surface area contributed by atoms with Gasteiger partial charge in [0.15, 0.2) is 0 Å². The highest BCUT2D eigenvalue weighted by Gasteiger charge is 2.24. The van der Waals surface area contributed by atoms with Crippen molar-refractivity contribution in [2.75, 3.05) is 18.6 Å². The average Bonchev–Trinajstić information content (AvgIpc) is 3.04. The maximum absolute atomic E-state index is 5.40. The van der Waals surface area contributed by atoms with Crippen molar-refractivity contribution in [2.24, 2.45) is 0 Å². The first-order chi connectivity index (χ1) is 11.3. The molecule has 3 aromatic heterocycles. The summed E-state index contributed by atoms with van der Waals surface area (Å²) in [6, 6.07) is 2.21. The first-order valence-corrected chi connectivity index (χ1v) is 8.47. The molecule has 3 aromatic rings. The molecule has 0 amide bonds. The minimum Gasteiger partial charge on any atom is -0.481 e. The number of fused-ring (bicyclic) bond motifs is 2. The van der Waals surface area contributed by atoms with Gasteiger partial charge in [-0.05, 0) is 12.5 Å². The third-order valence-corrected chi connectivity index (χ3v) is 5.35. The van der Waals surface area contributed by atoms with Crippen LogP contribution in [0.4, 0.5) is 5.82 Å². The molecular formula is C16H17N5OS. The molecule has 0 saturated heterocycles. The van der Waals surface area contributed by atoms with Crippen LogP contribution in [0.1, 0.15) is 23.1 Å². The largest absolute Gasteiger partial charge is 0.481 e. The molecule has 7 heteroatoms. The Labute approximate surface area is 138 Å². The van der Waals surface area contributed by atoms with Gasteiger partial charge in [0.05, 0.1) is 30.3 Å². The van der Waals surface area contributed by atoms with Gasteiger partial charge < -0.3 is 9.64 Å². The lowest BCUT2D eigenvalue weighted by Crippen LogP contribution is -2.32. The molecule has 6 nitrogen and oxygen atoms in total. The number of aromatic nitrogens is 4. The van der Waals surface area contributed by atoms with E-state index in [1.54, 1.807) is 31.1 Å². The van der Waals surface area contributed by atoms with E-state index in [1.165, 1.54) is 4.88 Å². The van der Waals surface area contributed by atoms with Gasteiger partial charge in [-0.2, -0.15) is 0 Å². The Hall–Kier alpha value is -2.28. The topological polar surface area (TPSA) is 64.0 Å². The summed E-state index contributed by atoms with van der Waals surface area (Å²) in [5.41, 5.74) is 2.12. The fourth-order valence-electron chi connectivity index (χ4n) is 2.99. The average molecular weight is 327 g/mol. The zero-order chi connectivity index (χ0) is 15.8. The van der Waals surface area contributed by atoms with Crippen molar-refractivity contribution in [1.82, 2.24) is 19.9 Å². The quantitative estimate of drug-likeness (QED) is 0.737. The second-order valence-electron chi connectivity index (χ2n) is 5.46. The van der Waals surface area contributed by atoms with E-state index < -0.39 is 0 Å². The second kappa shape index (κ2) is 5.73. The normalized spacial score (nSPS) is 14.1. The third-order valence-electron chi connectivity index (χ3n) is 4.16.